The van der Waals surface area contributed by atoms with E-state index in [0.29, 0.717) is 4.99 Å². The van der Waals surface area contributed by atoms with Crippen LogP contribution in [-0.2, 0) is 12.2 Å². The molecule has 1 amide bonds. The Morgan fingerprint density at radius 1 is 1.65 bits per heavy atom. The van der Waals surface area contributed by atoms with Crippen LogP contribution in [-0.4, -0.2) is 22.7 Å². The van der Waals surface area contributed by atoms with Crippen molar-refractivity contribution in [1.29, 1.82) is 0 Å². The number of thiocarbonyl (C=S) groups is 1. The number of hydrogen-bond acceptors (Lipinski definition) is 4. The minimum Gasteiger partial charge on any atom is -0.392 e. The number of thiophene rings is 1. The van der Waals surface area contributed by atoms with E-state index in [0.717, 1.165) is 22.8 Å². The summed E-state index contributed by atoms with van der Waals surface area (Å²) in [5.74, 6) is 2.09. The lowest BCUT2D eigenvalue weighted by molar-refractivity contribution is 0.0953. The van der Waals surface area contributed by atoms with Gasteiger partial charge in [0.25, 0.3) is 5.91 Å². The Bertz CT molecular complexity index is 432. The Morgan fingerprint density at radius 3 is 3.06 bits per heavy atom. The van der Waals surface area contributed by atoms with Gasteiger partial charge in [0.05, 0.1) is 15.9 Å². The van der Waals surface area contributed by atoms with Crippen LogP contribution < -0.4 is 11.1 Å². The first kappa shape index (κ1) is 12.9. The summed E-state index contributed by atoms with van der Waals surface area (Å²) >= 11 is 8.34. The van der Waals surface area contributed by atoms with Crippen molar-refractivity contribution in [2.75, 3.05) is 5.75 Å². The molecule has 6 heteroatoms. The van der Waals surface area contributed by atoms with Gasteiger partial charge in [0.2, 0.25) is 0 Å². The number of thioether (sulfide) groups is 1. The Labute approximate surface area is 114 Å². The number of hydrogen-bond donors (Lipinski definition) is 2. The number of fused-ring (bicyclic) bond motifs is 1. The van der Waals surface area contributed by atoms with Crippen LogP contribution in [0.5, 0.6) is 0 Å². The second kappa shape index (κ2) is 5.37. The van der Waals surface area contributed by atoms with Gasteiger partial charge >= 0.3 is 0 Å². The van der Waals surface area contributed by atoms with Crippen molar-refractivity contribution in [3.63, 3.8) is 0 Å². The van der Waals surface area contributed by atoms with E-state index >= 15 is 0 Å². The van der Waals surface area contributed by atoms with Gasteiger partial charge in [0.15, 0.2) is 0 Å². The van der Waals surface area contributed by atoms with Crippen molar-refractivity contribution < 1.29 is 4.79 Å². The van der Waals surface area contributed by atoms with Crippen molar-refractivity contribution in [3.05, 3.63) is 21.4 Å². The van der Waals surface area contributed by atoms with Crippen LogP contribution in [0.25, 0.3) is 0 Å². The van der Waals surface area contributed by atoms with Gasteiger partial charge in [-0.3, -0.25) is 4.79 Å². The third-order valence-electron chi connectivity index (χ3n) is 2.63. The monoisotopic (exact) mass is 286 g/mol. The number of nitrogens with two attached hydrogens (primary N) is 1. The van der Waals surface area contributed by atoms with Crippen LogP contribution in [0, 0.1) is 0 Å². The molecule has 0 bridgehead atoms. The van der Waals surface area contributed by atoms with E-state index in [4.69, 9.17) is 18.0 Å². The molecule has 1 aromatic rings. The van der Waals surface area contributed by atoms with E-state index in [2.05, 4.69) is 5.32 Å². The highest BCUT2D eigenvalue weighted by Crippen LogP contribution is 2.31. The fourth-order valence-corrected chi connectivity index (χ4v) is 3.93. The fourth-order valence-electron chi connectivity index (χ4n) is 1.60. The molecule has 92 valence electrons. The maximum Gasteiger partial charge on any atom is 0.261 e. The molecular formula is C11H14N2OS3. The first-order valence-corrected chi connectivity index (χ1v) is 7.75. The van der Waals surface area contributed by atoms with Crippen molar-refractivity contribution in [2.24, 2.45) is 5.73 Å². The molecule has 3 nitrogen and oxygen atoms in total. The van der Waals surface area contributed by atoms with Crippen molar-refractivity contribution in [3.8, 4) is 0 Å². The van der Waals surface area contributed by atoms with Crippen LogP contribution in [0.2, 0.25) is 0 Å². The van der Waals surface area contributed by atoms with Gasteiger partial charge in [0.1, 0.15) is 0 Å². The normalized spacial score (nSPS) is 16.1. The molecule has 1 unspecified atom stereocenters. The Balaban J connectivity index is 2.09. The number of nitrogens with one attached hydrogen (secondary N) is 1. The fraction of sp³-hybridized carbons (Fsp3) is 0.455. The number of carbonyl (C=O) groups excluding carboxylic acids is 1. The van der Waals surface area contributed by atoms with Gasteiger partial charge in [-0.2, -0.15) is 11.8 Å². The Morgan fingerprint density at radius 2 is 2.41 bits per heavy atom. The van der Waals surface area contributed by atoms with Gasteiger partial charge in [-0.15, -0.1) is 11.3 Å². The lowest BCUT2D eigenvalue weighted by Crippen LogP contribution is -2.40. The number of rotatable bonds is 3. The van der Waals surface area contributed by atoms with Gasteiger partial charge in [-0.1, -0.05) is 12.2 Å². The molecule has 1 aliphatic heterocycles. The summed E-state index contributed by atoms with van der Waals surface area (Å²) in [5.41, 5.74) is 6.78. The summed E-state index contributed by atoms with van der Waals surface area (Å²) in [4.78, 5) is 14.4. The summed E-state index contributed by atoms with van der Waals surface area (Å²) in [6, 6.07) is 1.74. The zero-order valence-electron chi connectivity index (χ0n) is 9.49. The van der Waals surface area contributed by atoms with Crippen LogP contribution in [0.3, 0.4) is 0 Å². The number of amides is 1. The number of aryl methyl sites for hydroxylation is 1. The molecule has 1 aliphatic rings. The molecule has 0 saturated carbocycles. The quantitative estimate of drug-likeness (QED) is 0.834. The van der Waals surface area contributed by atoms with Crippen molar-refractivity contribution >= 4 is 46.2 Å². The number of carbonyl (C=O) groups is 1. The highest BCUT2D eigenvalue weighted by atomic mass is 32.2. The summed E-state index contributed by atoms with van der Waals surface area (Å²) < 4.78 is 0. The molecule has 17 heavy (non-hydrogen) atoms. The molecule has 1 atom stereocenters. The van der Waals surface area contributed by atoms with Crippen LogP contribution in [0.1, 0.15) is 27.0 Å². The predicted octanol–water partition coefficient (Wildman–Crippen LogP) is 1.94. The van der Waals surface area contributed by atoms with E-state index in [1.807, 2.05) is 17.8 Å². The smallest absolute Gasteiger partial charge is 0.261 e. The first-order valence-electron chi connectivity index (χ1n) is 5.37. The van der Waals surface area contributed by atoms with Crippen molar-refractivity contribution in [2.45, 2.75) is 25.1 Å². The van der Waals surface area contributed by atoms with Crippen LogP contribution in [0.15, 0.2) is 6.07 Å². The van der Waals surface area contributed by atoms with Gasteiger partial charge in [0, 0.05) is 10.6 Å². The summed E-state index contributed by atoms with van der Waals surface area (Å²) in [7, 11) is 0. The van der Waals surface area contributed by atoms with Crippen LogP contribution in [0.4, 0.5) is 0 Å². The largest absolute Gasteiger partial charge is 0.392 e. The molecule has 0 aromatic carbocycles. The standard InChI is InChI=1S/C11H14N2OS3/c1-6(10(12)15)13-11(14)9-4-7-5-16-3-2-8(7)17-9/h4,6H,2-3,5H2,1H3,(H2,12,15)(H,13,14). The maximum atomic E-state index is 12.0. The molecule has 1 aromatic heterocycles. The van der Waals surface area contributed by atoms with E-state index < -0.39 is 0 Å². The molecule has 0 spiro atoms. The lowest BCUT2D eigenvalue weighted by Gasteiger charge is -2.10. The lowest BCUT2D eigenvalue weighted by atomic mass is 10.2. The highest BCUT2D eigenvalue weighted by Gasteiger charge is 2.18. The molecule has 0 fully saturated rings. The van der Waals surface area contributed by atoms with E-state index in [9.17, 15) is 4.79 Å². The van der Waals surface area contributed by atoms with E-state index in [1.165, 1.54) is 10.4 Å². The average molecular weight is 286 g/mol. The maximum absolute atomic E-state index is 12.0. The van der Waals surface area contributed by atoms with Gasteiger partial charge in [-0.25, -0.2) is 0 Å². The summed E-state index contributed by atoms with van der Waals surface area (Å²) in [6.07, 6.45) is 1.07. The third-order valence-corrected chi connectivity index (χ3v) is 5.22. The second-order valence-corrected chi connectivity index (χ2v) is 6.67. The third kappa shape index (κ3) is 3.00. The molecule has 0 aliphatic carbocycles. The SMILES string of the molecule is CC(NC(=O)c1cc2c(s1)CCSC2)C(N)=S. The topological polar surface area (TPSA) is 55.1 Å². The average Bonchev–Trinajstić information content (AvgIpc) is 2.72. The van der Waals surface area contributed by atoms with Crippen LogP contribution >= 0.6 is 35.3 Å². The summed E-state index contributed by atoms with van der Waals surface area (Å²) in [5, 5.41) is 2.80. The van der Waals surface area contributed by atoms with Gasteiger partial charge in [-0.05, 0) is 30.7 Å². The highest BCUT2D eigenvalue weighted by molar-refractivity contribution is 7.98. The Kier molecular flexibility index (Phi) is 4.06. The van der Waals surface area contributed by atoms with E-state index in [-0.39, 0.29) is 11.9 Å². The molecule has 2 rings (SSSR count). The molecular weight excluding hydrogens is 272 g/mol. The molecule has 3 N–H and O–H groups in total. The molecule has 0 radical (unpaired) electrons. The zero-order chi connectivity index (χ0) is 12.4. The molecule has 2 heterocycles. The van der Waals surface area contributed by atoms with Gasteiger partial charge < -0.3 is 11.1 Å². The predicted molar refractivity (Wildman–Crippen MR) is 77.9 cm³/mol. The minimum absolute atomic E-state index is 0.0744. The second-order valence-electron chi connectivity index (χ2n) is 3.96. The first-order chi connectivity index (χ1) is 8.08. The molecule has 0 saturated heterocycles. The van der Waals surface area contributed by atoms with E-state index in [1.54, 1.807) is 18.3 Å². The zero-order valence-corrected chi connectivity index (χ0v) is 11.9. The van der Waals surface area contributed by atoms with Crippen molar-refractivity contribution in [1.82, 2.24) is 5.32 Å². The minimum atomic E-state index is -0.258. The summed E-state index contributed by atoms with van der Waals surface area (Å²) in [6.45, 7) is 1.80. The Hall–Kier alpha value is -0.590.